The van der Waals surface area contributed by atoms with Gasteiger partial charge in [-0.05, 0) is 48.4 Å². The van der Waals surface area contributed by atoms with E-state index in [-0.39, 0.29) is 12.1 Å². The molecular formula is C19H21N5OS. The van der Waals surface area contributed by atoms with Crippen LogP contribution < -0.4 is 10.6 Å². The summed E-state index contributed by atoms with van der Waals surface area (Å²) in [6, 6.07) is 9.54. The molecule has 1 fully saturated rings. The van der Waals surface area contributed by atoms with E-state index in [9.17, 15) is 4.79 Å². The van der Waals surface area contributed by atoms with E-state index in [0.29, 0.717) is 17.4 Å². The summed E-state index contributed by atoms with van der Waals surface area (Å²) in [5.74, 6) is 1.23. The lowest BCUT2D eigenvalue weighted by atomic mass is 9.97. The average Bonchev–Trinajstić information content (AvgIpc) is 3.44. The maximum atomic E-state index is 12.5. The van der Waals surface area contributed by atoms with Gasteiger partial charge in [-0.3, -0.25) is 0 Å². The van der Waals surface area contributed by atoms with Gasteiger partial charge in [0.2, 0.25) is 0 Å². The molecule has 0 radical (unpaired) electrons. The Balaban J connectivity index is 1.42. The van der Waals surface area contributed by atoms with Crippen LogP contribution in [0.2, 0.25) is 0 Å². The van der Waals surface area contributed by atoms with Crippen molar-refractivity contribution in [2.45, 2.75) is 31.7 Å². The Bertz CT molecular complexity index is 823. The van der Waals surface area contributed by atoms with Crippen LogP contribution in [-0.4, -0.2) is 20.8 Å². The van der Waals surface area contributed by atoms with Crippen molar-refractivity contribution in [1.82, 2.24) is 20.1 Å². The number of rotatable bonds is 5. The van der Waals surface area contributed by atoms with Gasteiger partial charge in [0.25, 0.3) is 0 Å². The van der Waals surface area contributed by atoms with Crippen molar-refractivity contribution < 1.29 is 4.79 Å². The molecule has 2 amide bonds. The van der Waals surface area contributed by atoms with E-state index in [1.54, 1.807) is 28.4 Å². The van der Waals surface area contributed by atoms with E-state index >= 15 is 0 Å². The lowest BCUT2D eigenvalue weighted by Crippen LogP contribution is -2.35. The highest BCUT2D eigenvalue weighted by Gasteiger charge is 2.28. The third-order valence-electron chi connectivity index (χ3n) is 4.75. The number of carbonyl (C=O) groups is 1. The number of thiophene rings is 1. The normalized spacial score (nSPS) is 15.7. The molecule has 6 nitrogen and oxygen atoms in total. The minimum absolute atomic E-state index is 0.0776. The van der Waals surface area contributed by atoms with Crippen molar-refractivity contribution in [3.05, 3.63) is 59.2 Å². The Morgan fingerprint density at radius 3 is 2.77 bits per heavy atom. The second-order valence-corrected chi connectivity index (χ2v) is 7.47. The zero-order chi connectivity index (χ0) is 17.8. The highest BCUT2D eigenvalue weighted by molar-refractivity contribution is 7.10. The summed E-state index contributed by atoms with van der Waals surface area (Å²) in [7, 11) is 0. The first-order valence-electron chi connectivity index (χ1n) is 8.86. The summed E-state index contributed by atoms with van der Waals surface area (Å²) in [4.78, 5) is 18.1. The van der Waals surface area contributed by atoms with Gasteiger partial charge in [-0.2, -0.15) is 5.10 Å². The van der Waals surface area contributed by atoms with Crippen LogP contribution in [0.25, 0.3) is 5.82 Å². The maximum absolute atomic E-state index is 12.5. The molecule has 4 rings (SSSR count). The smallest absolute Gasteiger partial charge is 0.319 e. The molecule has 2 N–H and O–H groups in total. The van der Waals surface area contributed by atoms with Gasteiger partial charge in [0.1, 0.15) is 0 Å². The van der Waals surface area contributed by atoms with Crippen LogP contribution in [0.5, 0.6) is 0 Å². The molecule has 3 heterocycles. The van der Waals surface area contributed by atoms with Gasteiger partial charge in [-0.15, -0.1) is 11.3 Å². The zero-order valence-corrected chi connectivity index (χ0v) is 15.2. The minimum atomic E-state index is -0.191. The largest absolute Gasteiger partial charge is 0.330 e. The lowest BCUT2D eigenvalue weighted by Gasteiger charge is -2.24. The van der Waals surface area contributed by atoms with Crippen LogP contribution >= 0.6 is 11.3 Å². The minimum Gasteiger partial charge on any atom is -0.330 e. The lowest BCUT2D eigenvalue weighted by molar-refractivity contribution is 0.243. The first-order chi connectivity index (χ1) is 12.8. The van der Waals surface area contributed by atoms with E-state index in [0.717, 1.165) is 0 Å². The Morgan fingerprint density at radius 1 is 1.23 bits per heavy atom. The van der Waals surface area contributed by atoms with E-state index in [1.807, 2.05) is 30.5 Å². The van der Waals surface area contributed by atoms with Crippen LogP contribution in [0.1, 0.15) is 36.6 Å². The number of aromatic nitrogens is 3. The van der Waals surface area contributed by atoms with E-state index in [2.05, 4.69) is 32.2 Å². The van der Waals surface area contributed by atoms with Gasteiger partial charge < -0.3 is 10.6 Å². The summed E-state index contributed by atoms with van der Waals surface area (Å²) in [5.41, 5.74) is 0.662. The molecule has 0 aliphatic heterocycles. The molecule has 26 heavy (non-hydrogen) atoms. The van der Waals surface area contributed by atoms with Gasteiger partial charge in [-0.25, -0.2) is 14.5 Å². The Labute approximate surface area is 156 Å². The Hall–Kier alpha value is -2.67. The molecular weight excluding hydrogens is 346 g/mol. The number of amides is 2. The third-order valence-corrected chi connectivity index (χ3v) is 5.71. The monoisotopic (exact) mass is 367 g/mol. The highest BCUT2D eigenvalue weighted by atomic mass is 32.1. The molecule has 0 spiro atoms. The Morgan fingerprint density at radius 2 is 2.12 bits per heavy atom. The average molecular weight is 367 g/mol. The molecule has 7 heteroatoms. The molecule has 0 saturated heterocycles. The van der Waals surface area contributed by atoms with Gasteiger partial charge in [0, 0.05) is 17.3 Å². The number of nitrogens with zero attached hydrogens (tertiary/aromatic N) is 3. The number of urea groups is 1. The van der Waals surface area contributed by atoms with Gasteiger partial charge in [0.15, 0.2) is 5.82 Å². The quantitative estimate of drug-likeness (QED) is 0.703. The molecule has 1 saturated carbocycles. The molecule has 1 aliphatic rings. The SMILES string of the molecule is O=C(Nc1ccc(-n2cccn2)nc1)N[C@H](c1cccs1)C1CCCC1. The first-order valence-corrected chi connectivity index (χ1v) is 9.74. The van der Waals surface area contributed by atoms with Crippen LogP contribution in [0.4, 0.5) is 10.5 Å². The van der Waals surface area contributed by atoms with E-state index in [1.165, 1.54) is 30.6 Å². The van der Waals surface area contributed by atoms with Gasteiger partial charge in [-0.1, -0.05) is 18.9 Å². The second-order valence-electron chi connectivity index (χ2n) is 6.49. The fraction of sp³-hybridized carbons (Fsp3) is 0.316. The number of pyridine rings is 1. The van der Waals surface area contributed by atoms with Crippen molar-refractivity contribution in [2.75, 3.05) is 5.32 Å². The van der Waals surface area contributed by atoms with Crippen LogP contribution in [0, 0.1) is 5.92 Å². The van der Waals surface area contributed by atoms with Crippen LogP contribution in [0.3, 0.4) is 0 Å². The number of carbonyl (C=O) groups excluding carboxylic acids is 1. The topological polar surface area (TPSA) is 71.8 Å². The van der Waals surface area contributed by atoms with Crippen molar-refractivity contribution in [3.63, 3.8) is 0 Å². The van der Waals surface area contributed by atoms with Crippen molar-refractivity contribution >= 4 is 23.1 Å². The van der Waals surface area contributed by atoms with Crippen LogP contribution in [0.15, 0.2) is 54.3 Å². The van der Waals surface area contributed by atoms with Crippen molar-refractivity contribution in [1.29, 1.82) is 0 Å². The fourth-order valence-corrected chi connectivity index (χ4v) is 4.36. The molecule has 0 aromatic carbocycles. The van der Waals surface area contributed by atoms with Crippen LogP contribution in [-0.2, 0) is 0 Å². The molecule has 1 aliphatic carbocycles. The summed E-state index contributed by atoms with van der Waals surface area (Å²) < 4.78 is 1.68. The van der Waals surface area contributed by atoms with Gasteiger partial charge >= 0.3 is 6.03 Å². The predicted molar refractivity (Wildman–Crippen MR) is 103 cm³/mol. The standard InChI is InChI=1S/C19H21N5OS/c25-19(22-15-8-9-17(20-13-15)24-11-4-10-21-24)23-18(14-5-1-2-6-14)16-7-3-12-26-16/h3-4,7-14,18H,1-2,5-6H2,(H2,22,23,25)/t18-/m0/s1. The molecule has 1 atom stereocenters. The zero-order valence-electron chi connectivity index (χ0n) is 14.3. The van der Waals surface area contributed by atoms with Gasteiger partial charge in [0.05, 0.1) is 17.9 Å². The van der Waals surface area contributed by atoms with Crippen molar-refractivity contribution in [3.8, 4) is 5.82 Å². The number of hydrogen-bond donors (Lipinski definition) is 2. The number of hydrogen-bond acceptors (Lipinski definition) is 4. The highest BCUT2D eigenvalue weighted by Crippen LogP contribution is 2.37. The third kappa shape index (κ3) is 3.77. The molecule has 0 unspecified atom stereocenters. The summed E-state index contributed by atoms with van der Waals surface area (Å²) in [5, 5.41) is 12.3. The molecule has 0 bridgehead atoms. The van der Waals surface area contributed by atoms with Crippen molar-refractivity contribution in [2.24, 2.45) is 5.92 Å². The molecule has 134 valence electrons. The Kier molecular flexibility index (Phi) is 4.97. The summed E-state index contributed by atoms with van der Waals surface area (Å²) in [6.07, 6.45) is 10.0. The molecule has 3 aromatic heterocycles. The fourth-order valence-electron chi connectivity index (χ4n) is 3.49. The molecule has 3 aromatic rings. The second kappa shape index (κ2) is 7.70. The number of nitrogens with one attached hydrogen (secondary N) is 2. The van der Waals surface area contributed by atoms with E-state index < -0.39 is 0 Å². The number of anilines is 1. The summed E-state index contributed by atoms with van der Waals surface area (Å²) in [6.45, 7) is 0. The predicted octanol–water partition coefficient (Wildman–Crippen LogP) is 4.38. The first kappa shape index (κ1) is 16.8. The maximum Gasteiger partial charge on any atom is 0.319 e. The van der Waals surface area contributed by atoms with E-state index in [4.69, 9.17) is 0 Å². The summed E-state index contributed by atoms with van der Waals surface area (Å²) >= 11 is 1.70.